The summed E-state index contributed by atoms with van der Waals surface area (Å²) in [6.07, 6.45) is 6.72. The SMILES string of the molecule is N#Cc1ccc2c(-c3ccc(CNCCCCCCNc4ccnc5ccccc45)cc3)csc2c1. The zero-order valence-corrected chi connectivity index (χ0v) is 21.2. The topological polar surface area (TPSA) is 60.7 Å². The molecule has 0 aliphatic carbocycles. The number of para-hydroxylation sites is 1. The molecule has 36 heavy (non-hydrogen) atoms. The fourth-order valence-electron chi connectivity index (χ4n) is 4.56. The number of aromatic nitrogens is 1. The number of anilines is 1. The molecule has 2 N–H and O–H groups in total. The smallest absolute Gasteiger partial charge is 0.0992 e. The molecular weight excluding hydrogens is 460 g/mol. The first kappa shape index (κ1) is 24.0. The highest BCUT2D eigenvalue weighted by Gasteiger charge is 2.07. The Hall–Kier alpha value is -3.72. The molecule has 0 radical (unpaired) electrons. The number of fused-ring (bicyclic) bond motifs is 2. The van der Waals surface area contributed by atoms with Gasteiger partial charge in [-0.1, -0.05) is 61.4 Å². The van der Waals surface area contributed by atoms with Gasteiger partial charge in [-0.15, -0.1) is 11.3 Å². The van der Waals surface area contributed by atoms with Crippen molar-refractivity contribution < 1.29 is 0 Å². The largest absolute Gasteiger partial charge is 0.384 e. The van der Waals surface area contributed by atoms with Crippen molar-refractivity contribution in [2.75, 3.05) is 18.4 Å². The number of nitriles is 1. The van der Waals surface area contributed by atoms with Crippen LogP contribution in [0.4, 0.5) is 5.69 Å². The molecule has 0 aliphatic heterocycles. The number of hydrogen-bond acceptors (Lipinski definition) is 5. The second kappa shape index (κ2) is 11.8. The molecule has 5 aromatic rings. The normalized spacial score (nSPS) is 11.1. The van der Waals surface area contributed by atoms with Gasteiger partial charge in [-0.3, -0.25) is 4.98 Å². The number of unbranched alkanes of at least 4 members (excludes halogenated alkanes) is 3. The molecule has 0 atom stereocenters. The van der Waals surface area contributed by atoms with Crippen molar-refractivity contribution in [2.45, 2.75) is 32.2 Å². The van der Waals surface area contributed by atoms with Crippen molar-refractivity contribution >= 4 is 38.0 Å². The number of thiophene rings is 1. The molecule has 0 saturated carbocycles. The number of nitrogens with zero attached hydrogens (tertiary/aromatic N) is 2. The molecular formula is C31H30N4S. The van der Waals surface area contributed by atoms with Crippen molar-refractivity contribution in [3.8, 4) is 17.2 Å². The van der Waals surface area contributed by atoms with E-state index in [1.54, 1.807) is 11.3 Å². The van der Waals surface area contributed by atoms with Gasteiger partial charge in [0.15, 0.2) is 0 Å². The standard InChI is InChI=1S/C31H30N4S/c32-20-24-11-14-26-28(22-36-31(26)19-24)25-12-9-23(10-13-25)21-33-16-5-1-2-6-17-34-30-15-18-35-29-8-4-3-7-27(29)30/h3-4,7-15,18-19,22,33H,1-2,5-6,16-17,21H2,(H,34,35). The van der Waals surface area contributed by atoms with Crippen molar-refractivity contribution in [1.82, 2.24) is 10.3 Å². The summed E-state index contributed by atoms with van der Waals surface area (Å²) in [6.45, 7) is 2.93. The van der Waals surface area contributed by atoms with Gasteiger partial charge >= 0.3 is 0 Å². The van der Waals surface area contributed by atoms with Crippen LogP contribution in [0.15, 0.2) is 84.4 Å². The highest BCUT2D eigenvalue weighted by atomic mass is 32.1. The highest BCUT2D eigenvalue weighted by Crippen LogP contribution is 2.34. The third-order valence-corrected chi connectivity index (χ3v) is 7.49. The Bertz CT molecular complexity index is 1480. The maximum Gasteiger partial charge on any atom is 0.0992 e. The predicted octanol–water partition coefficient (Wildman–Crippen LogP) is 7.75. The summed E-state index contributed by atoms with van der Waals surface area (Å²) in [4.78, 5) is 4.43. The summed E-state index contributed by atoms with van der Waals surface area (Å²) in [5.74, 6) is 0. The maximum atomic E-state index is 9.12. The molecule has 0 unspecified atom stereocenters. The Labute approximate surface area is 216 Å². The van der Waals surface area contributed by atoms with E-state index < -0.39 is 0 Å². The van der Waals surface area contributed by atoms with Gasteiger partial charge in [0.05, 0.1) is 17.1 Å². The van der Waals surface area contributed by atoms with E-state index in [1.165, 1.54) is 58.8 Å². The Morgan fingerprint density at radius 1 is 0.833 bits per heavy atom. The van der Waals surface area contributed by atoms with E-state index in [0.29, 0.717) is 5.56 Å². The summed E-state index contributed by atoms with van der Waals surface area (Å²) >= 11 is 1.70. The average Bonchev–Trinajstić information content (AvgIpc) is 3.36. The predicted molar refractivity (Wildman–Crippen MR) is 152 cm³/mol. The van der Waals surface area contributed by atoms with Crippen LogP contribution in [0.2, 0.25) is 0 Å². The summed E-state index contributed by atoms with van der Waals surface area (Å²) in [6, 6.07) is 27.3. The van der Waals surface area contributed by atoms with Crippen LogP contribution in [0.1, 0.15) is 36.8 Å². The van der Waals surface area contributed by atoms with Crippen molar-refractivity contribution in [1.29, 1.82) is 5.26 Å². The molecule has 4 nitrogen and oxygen atoms in total. The van der Waals surface area contributed by atoms with Crippen molar-refractivity contribution in [3.63, 3.8) is 0 Å². The molecule has 3 aromatic carbocycles. The third kappa shape index (κ3) is 5.73. The fourth-order valence-corrected chi connectivity index (χ4v) is 5.57. The Morgan fingerprint density at radius 2 is 1.67 bits per heavy atom. The minimum absolute atomic E-state index is 0.715. The molecule has 0 amide bonds. The minimum Gasteiger partial charge on any atom is -0.384 e. The van der Waals surface area contributed by atoms with Gasteiger partial charge in [0.1, 0.15) is 0 Å². The van der Waals surface area contributed by atoms with Crippen LogP contribution in [-0.2, 0) is 6.54 Å². The third-order valence-electron chi connectivity index (χ3n) is 6.54. The van der Waals surface area contributed by atoms with E-state index in [9.17, 15) is 0 Å². The lowest BCUT2D eigenvalue weighted by atomic mass is 10.0. The lowest BCUT2D eigenvalue weighted by Gasteiger charge is -2.09. The van der Waals surface area contributed by atoms with Crippen LogP contribution < -0.4 is 10.6 Å². The molecule has 180 valence electrons. The molecule has 5 rings (SSSR count). The second-order valence-electron chi connectivity index (χ2n) is 9.06. The molecule has 0 bridgehead atoms. The summed E-state index contributed by atoms with van der Waals surface area (Å²) in [5, 5.41) is 20.9. The van der Waals surface area contributed by atoms with Crippen LogP contribution in [-0.4, -0.2) is 18.1 Å². The Kier molecular flexibility index (Phi) is 7.87. The minimum atomic E-state index is 0.715. The second-order valence-corrected chi connectivity index (χ2v) is 9.97. The molecule has 0 saturated heterocycles. The van der Waals surface area contributed by atoms with Crippen LogP contribution in [0, 0.1) is 11.3 Å². The van der Waals surface area contributed by atoms with Gasteiger partial charge in [0.2, 0.25) is 0 Å². The van der Waals surface area contributed by atoms with Crippen LogP contribution in [0.5, 0.6) is 0 Å². The molecule has 2 aromatic heterocycles. The molecule has 2 heterocycles. The van der Waals surface area contributed by atoms with E-state index in [-0.39, 0.29) is 0 Å². The van der Waals surface area contributed by atoms with E-state index in [2.05, 4.69) is 81.7 Å². The zero-order valence-electron chi connectivity index (χ0n) is 20.3. The van der Waals surface area contributed by atoms with Crippen molar-refractivity contribution in [3.05, 3.63) is 95.5 Å². The molecule has 5 heteroatoms. The number of benzene rings is 3. The van der Waals surface area contributed by atoms with Gasteiger partial charge < -0.3 is 10.6 Å². The number of pyridine rings is 1. The number of rotatable bonds is 11. The first-order valence-corrected chi connectivity index (χ1v) is 13.5. The number of nitrogens with one attached hydrogen (secondary N) is 2. The quantitative estimate of drug-likeness (QED) is 0.186. The average molecular weight is 491 g/mol. The first-order valence-electron chi connectivity index (χ1n) is 12.6. The van der Waals surface area contributed by atoms with Gasteiger partial charge in [0, 0.05) is 46.0 Å². The fraction of sp³-hybridized carbons (Fsp3) is 0.226. The molecule has 0 fully saturated rings. The van der Waals surface area contributed by atoms with E-state index >= 15 is 0 Å². The van der Waals surface area contributed by atoms with Gasteiger partial charge in [-0.05, 0) is 60.2 Å². The monoisotopic (exact) mass is 490 g/mol. The van der Waals surface area contributed by atoms with Gasteiger partial charge in [-0.25, -0.2) is 0 Å². The Morgan fingerprint density at radius 3 is 2.53 bits per heavy atom. The van der Waals surface area contributed by atoms with Crippen LogP contribution >= 0.6 is 11.3 Å². The van der Waals surface area contributed by atoms with E-state index in [0.717, 1.165) is 29.9 Å². The highest BCUT2D eigenvalue weighted by molar-refractivity contribution is 7.17. The maximum absolute atomic E-state index is 9.12. The summed E-state index contributed by atoms with van der Waals surface area (Å²) in [7, 11) is 0. The van der Waals surface area contributed by atoms with E-state index in [1.807, 2.05) is 24.4 Å². The van der Waals surface area contributed by atoms with Crippen molar-refractivity contribution in [2.24, 2.45) is 0 Å². The van der Waals surface area contributed by atoms with Crippen LogP contribution in [0.25, 0.3) is 32.1 Å². The molecule has 0 aliphatic rings. The van der Waals surface area contributed by atoms with Gasteiger partial charge in [0.25, 0.3) is 0 Å². The Balaban J connectivity index is 0.998. The summed E-state index contributed by atoms with van der Waals surface area (Å²) < 4.78 is 1.16. The van der Waals surface area contributed by atoms with Crippen LogP contribution in [0.3, 0.4) is 0 Å². The molecule has 0 spiro atoms. The van der Waals surface area contributed by atoms with Gasteiger partial charge in [-0.2, -0.15) is 5.26 Å². The van der Waals surface area contributed by atoms with E-state index in [4.69, 9.17) is 5.26 Å². The zero-order chi connectivity index (χ0) is 24.6. The summed E-state index contributed by atoms with van der Waals surface area (Å²) in [5.41, 5.74) is 6.70. The lowest BCUT2D eigenvalue weighted by molar-refractivity contribution is 0.593. The lowest BCUT2D eigenvalue weighted by Crippen LogP contribution is -2.14. The number of hydrogen-bond donors (Lipinski definition) is 2. The first-order chi connectivity index (χ1) is 17.8.